The Balaban J connectivity index is 1.82. The zero-order chi connectivity index (χ0) is 19.0. The first-order valence-corrected chi connectivity index (χ1v) is 8.65. The standard InChI is InChI=1S/C21H25NO4/c1-21(2,16-6-4-3-5-7-16)17-8-10-18(11-9-17)26-15-14-22-19(23)12-13-20(24)25/h3-11H,12-15H2,1-2H3,(H,22,23)(H,24,25)/p-1. The molecule has 26 heavy (non-hydrogen) atoms. The Kier molecular flexibility index (Phi) is 6.78. The van der Waals surface area contributed by atoms with Crippen LogP contribution in [0.4, 0.5) is 0 Å². The number of carbonyl (C=O) groups excluding carboxylic acids is 2. The van der Waals surface area contributed by atoms with Crippen molar-refractivity contribution >= 4 is 11.9 Å². The molecule has 0 spiro atoms. The van der Waals surface area contributed by atoms with Gasteiger partial charge < -0.3 is 20.0 Å². The number of carboxylic acids is 1. The summed E-state index contributed by atoms with van der Waals surface area (Å²) in [5, 5.41) is 12.9. The van der Waals surface area contributed by atoms with Crippen LogP contribution in [0.1, 0.15) is 37.8 Å². The molecule has 5 nitrogen and oxygen atoms in total. The molecule has 5 heteroatoms. The fourth-order valence-electron chi connectivity index (χ4n) is 2.65. The van der Waals surface area contributed by atoms with Gasteiger partial charge in [0.05, 0.1) is 6.54 Å². The van der Waals surface area contributed by atoms with Gasteiger partial charge in [-0.25, -0.2) is 0 Å². The number of hydrogen-bond donors (Lipinski definition) is 1. The average molecular weight is 354 g/mol. The minimum absolute atomic E-state index is 0.0778. The molecule has 138 valence electrons. The quantitative estimate of drug-likeness (QED) is 0.699. The lowest BCUT2D eigenvalue weighted by molar-refractivity contribution is -0.305. The van der Waals surface area contributed by atoms with Gasteiger partial charge in [0.2, 0.25) is 5.91 Å². The van der Waals surface area contributed by atoms with Crippen molar-refractivity contribution in [2.24, 2.45) is 0 Å². The van der Waals surface area contributed by atoms with Crippen LogP contribution < -0.4 is 15.2 Å². The van der Waals surface area contributed by atoms with Crippen LogP contribution in [0.5, 0.6) is 5.75 Å². The fourth-order valence-corrected chi connectivity index (χ4v) is 2.65. The van der Waals surface area contributed by atoms with Crippen molar-refractivity contribution in [2.75, 3.05) is 13.2 Å². The number of amides is 1. The van der Waals surface area contributed by atoms with Crippen LogP contribution in [-0.2, 0) is 15.0 Å². The van der Waals surface area contributed by atoms with E-state index < -0.39 is 5.97 Å². The number of carboxylic acid groups (broad SMARTS) is 1. The van der Waals surface area contributed by atoms with Crippen molar-refractivity contribution in [3.05, 3.63) is 65.7 Å². The summed E-state index contributed by atoms with van der Waals surface area (Å²) in [7, 11) is 0. The summed E-state index contributed by atoms with van der Waals surface area (Å²) in [6.07, 6.45) is -0.350. The molecule has 0 bridgehead atoms. The van der Waals surface area contributed by atoms with E-state index in [1.54, 1.807) is 0 Å². The topological polar surface area (TPSA) is 78.5 Å². The summed E-state index contributed by atoms with van der Waals surface area (Å²) in [6, 6.07) is 18.2. The second-order valence-electron chi connectivity index (χ2n) is 6.59. The summed E-state index contributed by atoms with van der Waals surface area (Å²) < 4.78 is 5.61. The molecule has 0 aliphatic carbocycles. The molecule has 2 aromatic carbocycles. The normalized spacial score (nSPS) is 11.0. The summed E-state index contributed by atoms with van der Waals surface area (Å²) in [5.41, 5.74) is 2.33. The molecular formula is C21H24NO4-. The summed E-state index contributed by atoms with van der Waals surface area (Å²) in [6.45, 7) is 5.00. The van der Waals surface area contributed by atoms with Crippen LogP contribution in [0, 0.1) is 0 Å². The Morgan fingerprint density at radius 2 is 1.58 bits per heavy atom. The molecule has 0 aliphatic heterocycles. The lowest BCUT2D eigenvalue weighted by Crippen LogP contribution is -2.30. The third-order valence-corrected chi connectivity index (χ3v) is 4.32. The molecule has 0 atom stereocenters. The third-order valence-electron chi connectivity index (χ3n) is 4.32. The largest absolute Gasteiger partial charge is 0.550 e. The zero-order valence-electron chi connectivity index (χ0n) is 15.2. The minimum Gasteiger partial charge on any atom is -0.550 e. The maximum Gasteiger partial charge on any atom is 0.220 e. The first kappa shape index (κ1) is 19.5. The Morgan fingerprint density at radius 3 is 2.19 bits per heavy atom. The maximum atomic E-state index is 11.4. The van der Waals surface area contributed by atoms with E-state index in [1.807, 2.05) is 42.5 Å². The molecule has 0 saturated carbocycles. The van der Waals surface area contributed by atoms with Crippen LogP contribution in [0.3, 0.4) is 0 Å². The van der Waals surface area contributed by atoms with Gasteiger partial charge in [-0.15, -0.1) is 0 Å². The van der Waals surface area contributed by atoms with E-state index in [0.29, 0.717) is 13.2 Å². The van der Waals surface area contributed by atoms with Gasteiger partial charge in [0.1, 0.15) is 12.4 Å². The van der Waals surface area contributed by atoms with E-state index in [0.717, 1.165) is 5.75 Å². The van der Waals surface area contributed by atoms with E-state index in [2.05, 4.69) is 31.3 Å². The lowest BCUT2D eigenvalue weighted by Gasteiger charge is -2.26. The number of ether oxygens (including phenoxy) is 1. The highest BCUT2D eigenvalue weighted by atomic mass is 16.5. The number of nitrogens with one attached hydrogen (secondary N) is 1. The number of carbonyl (C=O) groups is 2. The van der Waals surface area contributed by atoms with E-state index >= 15 is 0 Å². The molecule has 0 radical (unpaired) electrons. The molecule has 0 heterocycles. The fraction of sp³-hybridized carbons (Fsp3) is 0.333. The Bertz CT molecular complexity index is 723. The van der Waals surface area contributed by atoms with Crippen molar-refractivity contribution in [1.82, 2.24) is 5.32 Å². The molecule has 1 amide bonds. The molecule has 0 saturated heterocycles. The van der Waals surface area contributed by atoms with Gasteiger partial charge in [-0.1, -0.05) is 56.3 Å². The third kappa shape index (κ3) is 5.62. The first-order valence-electron chi connectivity index (χ1n) is 8.65. The number of rotatable bonds is 9. The number of aliphatic carboxylic acids is 1. The van der Waals surface area contributed by atoms with E-state index in [1.165, 1.54) is 11.1 Å². The van der Waals surface area contributed by atoms with Gasteiger partial charge in [0.15, 0.2) is 0 Å². The summed E-state index contributed by atoms with van der Waals surface area (Å²) >= 11 is 0. The van der Waals surface area contributed by atoms with E-state index in [-0.39, 0.29) is 24.2 Å². The highest BCUT2D eigenvalue weighted by molar-refractivity contribution is 5.79. The molecule has 0 aromatic heterocycles. The molecule has 0 fully saturated rings. The Labute approximate surface area is 154 Å². The van der Waals surface area contributed by atoms with Crippen LogP contribution in [0.15, 0.2) is 54.6 Å². The van der Waals surface area contributed by atoms with Gasteiger partial charge in [0.25, 0.3) is 0 Å². The van der Waals surface area contributed by atoms with Crippen molar-refractivity contribution in [2.45, 2.75) is 32.1 Å². The number of benzene rings is 2. The highest BCUT2D eigenvalue weighted by Crippen LogP contribution is 2.32. The number of hydrogen-bond acceptors (Lipinski definition) is 4. The zero-order valence-corrected chi connectivity index (χ0v) is 15.2. The van der Waals surface area contributed by atoms with Crippen molar-refractivity contribution < 1.29 is 19.4 Å². The van der Waals surface area contributed by atoms with Gasteiger partial charge in [-0.2, -0.15) is 0 Å². The molecule has 2 aromatic rings. The minimum atomic E-state index is -1.23. The van der Waals surface area contributed by atoms with Crippen LogP contribution in [0.25, 0.3) is 0 Å². The molecule has 1 N–H and O–H groups in total. The average Bonchev–Trinajstić information content (AvgIpc) is 2.64. The predicted octanol–water partition coefficient (Wildman–Crippen LogP) is 2.04. The molecule has 0 aliphatic rings. The van der Waals surface area contributed by atoms with E-state index in [4.69, 9.17) is 4.74 Å². The SMILES string of the molecule is CC(C)(c1ccccc1)c1ccc(OCCNC(=O)CCC(=O)[O-])cc1. The summed E-state index contributed by atoms with van der Waals surface area (Å²) in [4.78, 5) is 21.7. The Morgan fingerprint density at radius 1 is 0.962 bits per heavy atom. The van der Waals surface area contributed by atoms with Crippen molar-refractivity contribution in [1.29, 1.82) is 0 Å². The van der Waals surface area contributed by atoms with Crippen molar-refractivity contribution in [3.8, 4) is 5.75 Å². The molecule has 0 unspecified atom stereocenters. The first-order chi connectivity index (χ1) is 12.4. The highest BCUT2D eigenvalue weighted by Gasteiger charge is 2.22. The van der Waals surface area contributed by atoms with Gasteiger partial charge in [-0.05, 0) is 29.7 Å². The van der Waals surface area contributed by atoms with Crippen LogP contribution in [-0.4, -0.2) is 25.0 Å². The second kappa shape index (κ2) is 9.04. The van der Waals surface area contributed by atoms with E-state index in [9.17, 15) is 14.7 Å². The monoisotopic (exact) mass is 354 g/mol. The van der Waals surface area contributed by atoms with Gasteiger partial charge >= 0.3 is 0 Å². The Hall–Kier alpha value is -2.82. The summed E-state index contributed by atoms with van der Waals surface area (Å²) in [5.74, 6) is -0.825. The molecule has 2 rings (SSSR count). The molecular weight excluding hydrogens is 330 g/mol. The van der Waals surface area contributed by atoms with Crippen LogP contribution >= 0.6 is 0 Å². The predicted molar refractivity (Wildman–Crippen MR) is 97.8 cm³/mol. The van der Waals surface area contributed by atoms with Crippen molar-refractivity contribution in [3.63, 3.8) is 0 Å². The van der Waals surface area contributed by atoms with Gasteiger partial charge in [0, 0.05) is 17.8 Å². The maximum absolute atomic E-state index is 11.4. The van der Waals surface area contributed by atoms with Crippen LogP contribution in [0.2, 0.25) is 0 Å². The second-order valence-corrected chi connectivity index (χ2v) is 6.59. The smallest absolute Gasteiger partial charge is 0.220 e. The van der Waals surface area contributed by atoms with Gasteiger partial charge in [-0.3, -0.25) is 4.79 Å². The lowest BCUT2D eigenvalue weighted by atomic mass is 9.78.